The van der Waals surface area contributed by atoms with Crippen LogP contribution in [0.1, 0.15) is 26.7 Å². The maximum atomic E-state index is 11.4. The lowest BCUT2D eigenvalue weighted by molar-refractivity contribution is 0.481. The van der Waals surface area contributed by atoms with Crippen molar-refractivity contribution in [3.05, 3.63) is 0 Å². The van der Waals surface area contributed by atoms with Crippen LogP contribution >= 0.6 is 0 Å². The Kier molecular flexibility index (Phi) is 2.25. The molecular formula is C7H15NO2S. The third-order valence-electron chi connectivity index (χ3n) is 2.39. The average Bonchev–Trinajstić information content (AvgIpc) is 1.84. The molecule has 0 aromatic heterocycles. The van der Waals surface area contributed by atoms with E-state index in [4.69, 9.17) is 5.73 Å². The average molecular weight is 177 g/mol. The Morgan fingerprint density at radius 2 is 1.55 bits per heavy atom. The molecule has 0 aliphatic carbocycles. The predicted octanol–water partition coefficient (Wildman–Crippen LogP) is 0.299. The van der Waals surface area contributed by atoms with Crippen LogP contribution in [-0.2, 0) is 9.84 Å². The fourth-order valence-corrected chi connectivity index (χ4v) is 3.44. The zero-order valence-electron chi connectivity index (χ0n) is 6.95. The van der Waals surface area contributed by atoms with E-state index in [1.165, 1.54) is 0 Å². The highest BCUT2D eigenvalue weighted by molar-refractivity contribution is 7.92. The van der Waals surface area contributed by atoms with Crippen molar-refractivity contribution in [2.45, 2.75) is 43.2 Å². The summed E-state index contributed by atoms with van der Waals surface area (Å²) in [6.07, 6.45) is 1.24. The Morgan fingerprint density at radius 1 is 1.18 bits per heavy atom. The minimum absolute atomic E-state index is 0.0727. The van der Waals surface area contributed by atoms with Gasteiger partial charge in [-0.15, -0.1) is 0 Å². The summed E-state index contributed by atoms with van der Waals surface area (Å²) >= 11 is 0. The lowest BCUT2D eigenvalue weighted by atomic mass is 10.1. The molecule has 4 heteroatoms. The molecule has 1 saturated heterocycles. The first kappa shape index (κ1) is 9.00. The summed E-state index contributed by atoms with van der Waals surface area (Å²) in [4.78, 5) is 0. The Bertz CT molecular complexity index is 217. The monoisotopic (exact) mass is 177 g/mol. The van der Waals surface area contributed by atoms with E-state index in [-0.39, 0.29) is 16.5 Å². The van der Waals surface area contributed by atoms with Crippen LogP contribution in [0, 0.1) is 0 Å². The fourth-order valence-electron chi connectivity index (χ4n) is 1.61. The van der Waals surface area contributed by atoms with Gasteiger partial charge in [-0.2, -0.15) is 0 Å². The summed E-state index contributed by atoms with van der Waals surface area (Å²) in [7, 11) is -2.85. The Balaban J connectivity index is 2.85. The molecule has 0 amide bonds. The number of sulfone groups is 1. The maximum absolute atomic E-state index is 11.4. The van der Waals surface area contributed by atoms with Crippen LogP contribution in [0.5, 0.6) is 0 Å². The van der Waals surface area contributed by atoms with E-state index in [1.807, 2.05) is 0 Å². The van der Waals surface area contributed by atoms with E-state index in [0.717, 1.165) is 0 Å². The normalized spacial score (nSPS) is 43.7. The molecule has 3 atom stereocenters. The molecule has 11 heavy (non-hydrogen) atoms. The van der Waals surface area contributed by atoms with Crippen molar-refractivity contribution < 1.29 is 8.42 Å². The van der Waals surface area contributed by atoms with E-state index >= 15 is 0 Å². The standard InChI is InChI=1S/C7H15NO2S/c1-5-3-7(8)4-6(2)11(5,9)10/h5-7H,3-4,8H2,1-2H3/t5-,6+,7?. The van der Waals surface area contributed by atoms with Crippen LogP contribution in [0.4, 0.5) is 0 Å². The molecular weight excluding hydrogens is 162 g/mol. The van der Waals surface area contributed by atoms with Gasteiger partial charge in [0.25, 0.3) is 0 Å². The van der Waals surface area contributed by atoms with Crippen molar-refractivity contribution >= 4 is 9.84 Å². The molecule has 1 aliphatic rings. The van der Waals surface area contributed by atoms with Crippen molar-refractivity contribution in [2.24, 2.45) is 5.73 Å². The zero-order valence-corrected chi connectivity index (χ0v) is 7.76. The van der Waals surface area contributed by atoms with E-state index < -0.39 is 9.84 Å². The Hall–Kier alpha value is -0.0900. The summed E-state index contributed by atoms with van der Waals surface area (Å²) < 4.78 is 22.8. The number of rotatable bonds is 0. The molecule has 1 aliphatic heterocycles. The first-order valence-electron chi connectivity index (χ1n) is 3.93. The maximum Gasteiger partial charge on any atom is 0.155 e. The lowest BCUT2D eigenvalue weighted by Crippen LogP contribution is -2.42. The van der Waals surface area contributed by atoms with Crippen molar-refractivity contribution in [3.8, 4) is 0 Å². The second-order valence-corrected chi connectivity index (χ2v) is 6.23. The van der Waals surface area contributed by atoms with Crippen molar-refractivity contribution in [1.82, 2.24) is 0 Å². The van der Waals surface area contributed by atoms with Gasteiger partial charge >= 0.3 is 0 Å². The van der Waals surface area contributed by atoms with Gasteiger partial charge in [0.05, 0.1) is 10.5 Å². The highest BCUT2D eigenvalue weighted by Crippen LogP contribution is 2.24. The molecule has 3 nitrogen and oxygen atoms in total. The van der Waals surface area contributed by atoms with Crippen LogP contribution in [-0.4, -0.2) is 25.0 Å². The molecule has 1 unspecified atom stereocenters. The molecule has 2 N–H and O–H groups in total. The number of nitrogens with two attached hydrogens (primary N) is 1. The van der Waals surface area contributed by atoms with Gasteiger partial charge in [0.15, 0.2) is 9.84 Å². The minimum atomic E-state index is -2.85. The minimum Gasteiger partial charge on any atom is -0.328 e. The van der Waals surface area contributed by atoms with Gasteiger partial charge in [-0.05, 0) is 26.7 Å². The van der Waals surface area contributed by atoms with Gasteiger partial charge in [-0.3, -0.25) is 0 Å². The third-order valence-corrected chi connectivity index (χ3v) is 5.02. The zero-order chi connectivity index (χ0) is 8.65. The topological polar surface area (TPSA) is 60.2 Å². The fraction of sp³-hybridized carbons (Fsp3) is 1.00. The molecule has 0 aromatic rings. The van der Waals surface area contributed by atoms with Gasteiger partial charge in [0.2, 0.25) is 0 Å². The van der Waals surface area contributed by atoms with Crippen LogP contribution in [0.3, 0.4) is 0 Å². The molecule has 0 spiro atoms. The first-order chi connectivity index (χ1) is 4.94. The van der Waals surface area contributed by atoms with Crippen molar-refractivity contribution in [2.75, 3.05) is 0 Å². The number of hydrogen-bond acceptors (Lipinski definition) is 3. The molecule has 66 valence electrons. The van der Waals surface area contributed by atoms with E-state index in [9.17, 15) is 8.42 Å². The number of hydrogen-bond donors (Lipinski definition) is 1. The van der Waals surface area contributed by atoms with Crippen molar-refractivity contribution in [1.29, 1.82) is 0 Å². The summed E-state index contributed by atoms with van der Waals surface area (Å²) in [6.45, 7) is 3.48. The molecule has 1 fully saturated rings. The summed E-state index contributed by atoms with van der Waals surface area (Å²) in [5.74, 6) is 0. The van der Waals surface area contributed by atoms with Gasteiger partial charge < -0.3 is 5.73 Å². The smallest absolute Gasteiger partial charge is 0.155 e. The summed E-state index contributed by atoms with van der Waals surface area (Å²) in [6, 6.07) is 0.0727. The van der Waals surface area contributed by atoms with E-state index in [2.05, 4.69) is 0 Å². The second kappa shape index (κ2) is 2.75. The van der Waals surface area contributed by atoms with Gasteiger partial charge in [0, 0.05) is 6.04 Å². The molecule has 1 rings (SSSR count). The van der Waals surface area contributed by atoms with Gasteiger partial charge in [-0.1, -0.05) is 0 Å². The van der Waals surface area contributed by atoms with Crippen LogP contribution < -0.4 is 5.73 Å². The highest BCUT2D eigenvalue weighted by Gasteiger charge is 2.35. The Morgan fingerprint density at radius 3 is 1.91 bits per heavy atom. The Labute approximate surface area is 67.9 Å². The van der Waals surface area contributed by atoms with Gasteiger partial charge in [0.1, 0.15) is 0 Å². The molecule has 0 aromatic carbocycles. The summed E-state index contributed by atoms with van der Waals surface area (Å²) in [5.41, 5.74) is 5.67. The lowest BCUT2D eigenvalue weighted by Gasteiger charge is -2.28. The molecule has 1 heterocycles. The van der Waals surface area contributed by atoms with E-state index in [0.29, 0.717) is 12.8 Å². The highest BCUT2D eigenvalue weighted by atomic mass is 32.2. The largest absolute Gasteiger partial charge is 0.328 e. The van der Waals surface area contributed by atoms with Gasteiger partial charge in [-0.25, -0.2) is 8.42 Å². The summed E-state index contributed by atoms with van der Waals surface area (Å²) in [5, 5.41) is -0.498. The second-order valence-electron chi connectivity index (χ2n) is 3.44. The van der Waals surface area contributed by atoms with Crippen LogP contribution in [0.15, 0.2) is 0 Å². The van der Waals surface area contributed by atoms with Crippen molar-refractivity contribution in [3.63, 3.8) is 0 Å². The molecule has 0 bridgehead atoms. The van der Waals surface area contributed by atoms with Crippen LogP contribution in [0.25, 0.3) is 0 Å². The SMILES string of the molecule is C[C@@H]1CC(N)C[C@H](C)S1(=O)=O. The predicted molar refractivity (Wildman–Crippen MR) is 45.1 cm³/mol. The van der Waals surface area contributed by atoms with E-state index in [1.54, 1.807) is 13.8 Å². The third kappa shape index (κ3) is 1.56. The first-order valence-corrected chi connectivity index (χ1v) is 5.54. The molecule has 0 saturated carbocycles. The van der Waals surface area contributed by atoms with Crippen LogP contribution in [0.2, 0.25) is 0 Å². The molecule has 0 radical (unpaired) electrons. The quantitative estimate of drug-likeness (QED) is 0.579.